The highest BCUT2D eigenvalue weighted by atomic mass is 19.1. The summed E-state index contributed by atoms with van der Waals surface area (Å²) in [5.41, 5.74) is 0.695. The molecule has 3 amide bonds. The van der Waals surface area contributed by atoms with Crippen LogP contribution in [0.1, 0.15) is 26.7 Å². The molecule has 12 heteroatoms. The van der Waals surface area contributed by atoms with Gasteiger partial charge >= 0.3 is 12.1 Å². The number of ketones is 1. The van der Waals surface area contributed by atoms with Crippen LogP contribution in [0.4, 0.5) is 20.6 Å². The lowest BCUT2D eigenvalue weighted by Gasteiger charge is -2.36. The van der Waals surface area contributed by atoms with Gasteiger partial charge in [-0.3, -0.25) is 19.3 Å². The van der Waals surface area contributed by atoms with Gasteiger partial charge in [-0.15, -0.1) is 0 Å². The first-order valence-corrected chi connectivity index (χ1v) is 11.3. The summed E-state index contributed by atoms with van der Waals surface area (Å²) in [6, 6.07) is 4.46. The van der Waals surface area contributed by atoms with Crippen LogP contribution in [-0.4, -0.2) is 86.5 Å². The molecule has 1 atom stereocenters. The fraction of sp³-hybridized carbons (Fsp3) is 0.522. The molecule has 1 aromatic rings. The minimum absolute atomic E-state index is 0.0588. The third-order valence-corrected chi connectivity index (χ3v) is 5.71. The van der Waals surface area contributed by atoms with Crippen LogP contribution in [0.2, 0.25) is 0 Å². The van der Waals surface area contributed by atoms with Crippen molar-refractivity contribution in [3.8, 4) is 0 Å². The number of rotatable bonds is 9. The fourth-order valence-corrected chi connectivity index (χ4v) is 3.80. The van der Waals surface area contributed by atoms with Crippen LogP contribution in [0.3, 0.4) is 0 Å². The van der Waals surface area contributed by atoms with E-state index < -0.39 is 30.6 Å². The molecule has 11 nitrogen and oxygen atoms in total. The highest BCUT2D eigenvalue weighted by molar-refractivity contribution is 5.90. The van der Waals surface area contributed by atoms with Crippen molar-refractivity contribution in [3.63, 3.8) is 0 Å². The third kappa shape index (κ3) is 7.14. The first-order chi connectivity index (χ1) is 16.6. The Hall–Kier alpha value is -3.70. The van der Waals surface area contributed by atoms with Gasteiger partial charge in [0.2, 0.25) is 5.91 Å². The van der Waals surface area contributed by atoms with E-state index in [4.69, 9.17) is 9.47 Å². The summed E-state index contributed by atoms with van der Waals surface area (Å²) in [6.45, 7) is 4.13. The molecule has 0 spiro atoms. The number of nitrogens with one attached hydrogen (secondary N) is 1. The largest absolute Gasteiger partial charge is 0.456 e. The highest BCUT2D eigenvalue weighted by Gasteiger charge is 2.33. The summed E-state index contributed by atoms with van der Waals surface area (Å²) in [5, 5.41) is 2.59. The summed E-state index contributed by atoms with van der Waals surface area (Å²) >= 11 is 0. The standard InChI is InChI=1S/C23H29FN4O7/c1-15(29)3-6-22(32)34-14-21(31)27-9-7-26(8-10-27)20-5-4-17(11-19(20)24)28-13-18(35-23(28)33)12-25-16(2)30/h4-5,11,18H,3,6-10,12-14H2,1-2H3,(H,25,30). The minimum atomic E-state index is -0.610. The van der Waals surface area contributed by atoms with E-state index >= 15 is 0 Å². The van der Waals surface area contributed by atoms with Gasteiger partial charge in [0.05, 0.1) is 30.9 Å². The molecule has 190 valence electrons. The molecule has 2 saturated heterocycles. The number of hydrogen-bond acceptors (Lipinski definition) is 8. The predicted molar refractivity (Wildman–Crippen MR) is 122 cm³/mol. The second-order valence-corrected chi connectivity index (χ2v) is 8.42. The molecular weight excluding hydrogens is 463 g/mol. The molecule has 0 saturated carbocycles. The topological polar surface area (TPSA) is 126 Å². The van der Waals surface area contributed by atoms with Crippen LogP contribution in [-0.2, 0) is 28.7 Å². The number of esters is 1. The Balaban J connectivity index is 1.50. The molecule has 0 bridgehead atoms. The van der Waals surface area contributed by atoms with Crippen LogP contribution < -0.4 is 15.1 Å². The average molecular weight is 493 g/mol. The van der Waals surface area contributed by atoms with E-state index in [0.717, 1.165) is 0 Å². The Kier molecular flexibility index (Phi) is 8.61. The van der Waals surface area contributed by atoms with Gasteiger partial charge in [-0.2, -0.15) is 0 Å². The summed E-state index contributed by atoms with van der Waals surface area (Å²) < 4.78 is 25.1. The van der Waals surface area contributed by atoms with Gasteiger partial charge in [0.15, 0.2) is 6.61 Å². The van der Waals surface area contributed by atoms with Crippen molar-refractivity contribution in [2.75, 3.05) is 55.7 Å². The van der Waals surface area contributed by atoms with Gasteiger partial charge in [-0.25, -0.2) is 9.18 Å². The number of piperazine rings is 1. The van der Waals surface area contributed by atoms with Crippen LogP contribution in [0.25, 0.3) is 0 Å². The summed E-state index contributed by atoms with van der Waals surface area (Å²) in [7, 11) is 0. The van der Waals surface area contributed by atoms with Crippen molar-refractivity contribution < 1.29 is 37.8 Å². The number of amides is 3. The highest BCUT2D eigenvalue weighted by Crippen LogP contribution is 2.28. The van der Waals surface area contributed by atoms with Crippen molar-refractivity contribution in [2.24, 2.45) is 0 Å². The lowest BCUT2D eigenvalue weighted by Crippen LogP contribution is -2.50. The third-order valence-electron chi connectivity index (χ3n) is 5.71. The van der Waals surface area contributed by atoms with Crippen LogP contribution in [0, 0.1) is 5.82 Å². The first kappa shape index (κ1) is 25.9. The smallest absolute Gasteiger partial charge is 0.414 e. The zero-order valence-electron chi connectivity index (χ0n) is 19.8. The zero-order valence-corrected chi connectivity index (χ0v) is 19.8. The number of ether oxygens (including phenoxy) is 2. The van der Waals surface area contributed by atoms with Crippen molar-refractivity contribution in [3.05, 3.63) is 24.0 Å². The molecule has 1 aromatic carbocycles. The number of cyclic esters (lactones) is 1. The monoisotopic (exact) mass is 492 g/mol. The van der Waals surface area contributed by atoms with Gasteiger partial charge < -0.3 is 29.4 Å². The fourth-order valence-electron chi connectivity index (χ4n) is 3.80. The Bertz CT molecular complexity index is 994. The maximum Gasteiger partial charge on any atom is 0.414 e. The van der Waals surface area contributed by atoms with Crippen LogP contribution in [0.5, 0.6) is 0 Å². The molecule has 0 aromatic heterocycles. The number of carbonyl (C=O) groups is 5. The molecule has 0 radical (unpaired) electrons. The van der Waals surface area contributed by atoms with Crippen molar-refractivity contribution in [1.29, 1.82) is 0 Å². The SMILES string of the molecule is CC(=O)CCC(=O)OCC(=O)N1CCN(c2ccc(N3CC(CNC(C)=O)OC3=O)cc2F)CC1. The summed E-state index contributed by atoms with van der Waals surface area (Å²) in [5.74, 6) is -1.82. The Morgan fingerprint density at radius 1 is 1.11 bits per heavy atom. The molecule has 2 aliphatic rings. The van der Waals surface area contributed by atoms with Crippen molar-refractivity contribution >= 4 is 41.0 Å². The van der Waals surface area contributed by atoms with E-state index in [2.05, 4.69) is 5.32 Å². The number of benzene rings is 1. The maximum absolute atomic E-state index is 14.9. The van der Waals surface area contributed by atoms with E-state index in [1.54, 1.807) is 17.0 Å². The quantitative estimate of drug-likeness (QED) is 0.503. The maximum atomic E-state index is 14.9. The number of Topliss-reactive ketones (excluding diaryl/α,β-unsaturated/α-hetero) is 1. The second-order valence-electron chi connectivity index (χ2n) is 8.42. The first-order valence-electron chi connectivity index (χ1n) is 11.3. The van der Waals surface area contributed by atoms with Gasteiger partial charge in [-0.05, 0) is 25.1 Å². The molecule has 2 heterocycles. The zero-order chi connectivity index (χ0) is 25.5. The van der Waals surface area contributed by atoms with Crippen LogP contribution in [0.15, 0.2) is 18.2 Å². The molecule has 2 fully saturated rings. The Labute approximate surface area is 202 Å². The van der Waals surface area contributed by atoms with Crippen LogP contribution >= 0.6 is 0 Å². The van der Waals surface area contributed by atoms with E-state index in [1.165, 1.54) is 29.7 Å². The number of carbonyl (C=O) groups excluding carboxylic acids is 5. The normalized spacial score (nSPS) is 17.7. The number of halogens is 1. The molecule has 3 rings (SSSR count). The Morgan fingerprint density at radius 3 is 2.46 bits per heavy atom. The number of nitrogens with zero attached hydrogens (tertiary/aromatic N) is 3. The lowest BCUT2D eigenvalue weighted by molar-refractivity contribution is -0.152. The van der Waals surface area contributed by atoms with Gasteiger partial charge in [0.25, 0.3) is 5.91 Å². The lowest BCUT2D eigenvalue weighted by atomic mass is 10.2. The number of anilines is 2. The molecule has 0 aliphatic carbocycles. The summed E-state index contributed by atoms with van der Waals surface area (Å²) in [4.78, 5) is 62.7. The van der Waals surface area contributed by atoms with E-state index in [1.807, 2.05) is 0 Å². The van der Waals surface area contributed by atoms with Gasteiger partial charge in [-0.1, -0.05) is 0 Å². The second kappa shape index (κ2) is 11.6. The molecule has 2 aliphatic heterocycles. The predicted octanol–water partition coefficient (Wildman–Crippen LogP) is 0.848. The van der Waals surface area contributed by atoms with Gasteiger partial charge in [0.1, 0.15) is 17.7 Å². The number of hydrogen-bond donors (Lipinski definition) is 1. The average Bonchev–Trinajstić information content (AvgIpc) is 3.20. The van der Waals surface area contributed by atoms with Gasteiger partial charge in [0, 0.05) is 39.5 Å². The van der Waals surface area contributed by atoms with Crippen molar-refractivity contribution in [2.45, 2.75) is 32.8 Å². The minimum Gasteiger partial charge on any atom is -0.456 e. The van der Waals surface area contributed by atoms with Crippen molar-refractivity contribution in [1.82, 2.24) is 10.2 Å². The van der Waals surface area contributed by atoms with E-state index in [9.17, 15) is 28.4 Å². The van der Waals surface area contributed by atoms with E-state index in [0.29, 0.717) is 37.6 Å². The molecular formula is C23H29FN4O7. The molecule has 1 N–H and O–H groups in total. The Morgan fingerprint density at radius 2 is 1.83 bits per heavy atom. The van der Waals surface area contributed by atoms with E-state index in [-0.39, 0.29) is 43.5 Å². The molecule has 35 heavy (non-hydrogen) atoms. The molecule has 1 unspecified atom stereocenters. The summed E-state index contributed by atoms with van der Waals surface area (Å²) in [6.07, 6.45) is -1.11.